The molecule has 0 aliphatic heterocycles. The summed E-state index contributed by atoms with van der Waals surface area (Å²) in [6.45, 7) is 0.972. The fraction of sp³-hybridized carbons (Fsp3) is 0.875. The van der Waals surface area contributed by atoms with Crippen molar-refractivity contribution in [3.8, 4) is 0 Å². The van der Waals surface area contributed by atoms with Gasteiger partial charge < -0.3 is 4.74 Å². The van der Waals surface area contributed by atoms with E-state index in [1.807, 2.05) is 7.11 Å². The summed E-state index contributed by atoms with van der Waals surface area (Å²) in [5.74, 6) is 3.58. The molecular weight excluding hydrogens is 244 g/mol. The first kappa shape index (κ1) is 14.4. The lowest BCUT2D eigenvalue weighted by molar-refractivity contribution is 0.0957. The highest BCUT2D eigenvalue weighted by atomic mass is 35.5. The average Bonchev–Trinajstić information content (AvgIpc) is 2.41. The van der Waals surface area contributed by atoms with Gasteiger partial charge in [-0.25, -0.2) is 0 Å². The summed E-state index contributed by atoms with van der Waals surface area (Å²) in [6, 6.07) is 0. The van der Waals surface area contributed by atoms with Crippen LogP contribution in [0.4, 0.5) is 0 Å². The fourth-order valence-corrected chi connectivity index (χ4v) is 4.18. The van der Waals surface area contributed by atoms with E-state index in [1.165, 1.54) is 51.4 Å². The number of hydrogen-bond donors (Lipinski definition) is 0. The van der Waals surface area contributed by atoms with Gasteiger partial charge >= 0.3 is 0 Å². The Hall–Kier alpha value is -0.0100. The third-order valence-electron chi connectivity index (χ3n) is 5.12. The zero-order chi connectivity index (χ0) is 12.8. The van der Waals surface area contributed by atoms with Gasteiger partial charge in [-0.15, -0.1) is 0 Å². The van der Waals surface area contributed by atoms with Gasteiger partial charge in [0.1, 0.15) is 0 Å². The van der Waals surface area contributed by atoms with Crippen molar-refractivity contribution < 1.29 is 4.74 Å². The highest BCUT2D eigenvalue weighted by Gasteiger charge is 2.30. The van der Waals surface area contributed by atoms with Crippen molar-refractivity contribution in [3.63, 3.8) is 0 Å². The van der Waals surface area contributed by atoms with E-state index in [1.54, 1.807) is 5.54 Å². The van der Waals surface area contributed by atoms with E-state index in [4.69, 9.17) is 16.3 Å². The minimum Gasteiger partial charge on any atom is -0.384 e. The summed E-state index contributed by atoms with van der Waals surface area (Å²) in [4.78, 5) is 0. The Kier molecular flexibility index (Phi) is 6.04. The molecule has 0 aromatic carbocycles. The first-order chi connectivity index (χ1) is 8.83. The summed E-state index contributed by atoms with van der Waals surface area (Å²) in [6.07, 6.45) is 13.4. The molecule has 0 unspecified atom stereocenters. The molecule has 0 saturated heterocycles. The van der Waals surface area contributed by atoms with Gasteiger partial charge in [-0.2, -0.15) is 0 Å². The molecule has 2 aliphatic carbocycles. The molecular formula is C16H27ClO. The smallest absolute Gasteiger partial charge is 0.0490 e. The number of methoxy groups -OCH3 is 1. The first-order valence-electron chi connectivity index (χ1n) is 7.59. The highest BCUT2D eigenvalue weighted by Crippen LogP contribution is 2.41. The van der Waals surface area contributed by atoms with E-state index < -0.39 is 0 Å². The van der Waals surface area contributed by atoms with Crippen molar-refractivity contribution in [3.05, 3.63) is 11.6 Å². The van der Waals surface area contributed by atoms with E-state index in [2.05, 4.69) is 6.08 Å². The van der Waals surface area contributed by atoms with Gasteiger partial charge in [-0.3, -0.25) is 0 Å². The maximum absolute atomic E-state index is 5.67. The molecule has 2 saturated carbocycles. The SMILES string of the molecule is COCC1CCC(C2CCC(C=CCl)CC2)CC1. The van der Waals surface area contributed by atoms with Gasteiger partial charge in [0.05, 0.1) is 0 Å². The molecule has 0 N–H and O–H groups in total. The minimum atomic E-state index is 0.753. The second-order valence-corrected chi connectivity index (χ2v) is 6.48. The Morgan fingerprint density at radius 1 is 0.944 bits per heavy atom. The molecule has 104 valence electrons. The Morgan fingerprint density at radius 3 is 2.00 bits per heavy atom. The maximum Gasteiger partial charge on any atom is 0.0490 e. The Morgan fingerprint density at radius 2 is 1.50 bits per heavy atom. The molecule has 0 radical (unpaired) electrons. The third-order valence-corrected chi connectivity index (χ3v) is 5.27. The average molecular weight is 271 g/mol. The normalized spacial score (nSPS) is 38.1. The van der Waals surface area contributed by atoms with Gasteiger partial charge in [-0.1, -0.05) is 17.7 Å². The Bertz CT molecular complexity index is 248. The molecule has 0 bridgehead atoms. The minimum absolute atomic E-state index is 0.753. The predicted octanol–water partition coefficient (Wildman–Crippen LogP) is 5.00. The van der Waals surface area contributed by atoms with Crippen LogP contribution in [-0.2, 0) is 4.74 Å². The maximum atomic E-state index is 5.67. The molecule has 0 aromatic heterocycles. The summed E-state index contributed by atoms with van der Waals surface area (Å²) >= 11 is 5.67. The molecule has 2 rings (SSSR count). The van der Waals surface area contributed by atoms with Crippen LogP contribution >= 0.6 is 11.6 Å². The molecule has 2 fully saturated rings. The second-order valence-electron chi connectivity index (χ2n) is 6.23. The number of halogens is 1. The quantitative estimate of drug-likeness (QED) is 0.699. The summed E-state index contributed by atoms with van der Waals surface area (Å²) < 4.78 is 5.28. The van der Waals surface area contributed by atoms with E-state index in [0.29, 0.717) is 0 Å². The lowest BCUT2D eigenvalue weighted by atomic mass is 9.69. The van der Waals surface area contributed by atoms with Crippen LogP contribution in [0.15, 0.2) is 11.6 Å². The summed E-state index contributed by atoms with van der Waals surface area (Å²) in [5.41, 5.74) is 1.71. The van der Waals surface area contributed by atoms with E-state index in [9.17, 15) is 0 Å². The third kappa shape index (κ3) is 3.99. The van der Waals surface area contributed by atoms with Crippen LogP contribution in [0.3, 0.4) is 0 Å². The molecule has 0 heterocycles. The summed E-state index contributed by atoms with van der Waals surface area (Å²) in [7, 11) is 1.83. The van der Waals surface area contributed by atoms with Crippen LogP contribution in [0, 0.1) is 23.7 Å². The lowest BCUT2D eigenvalue weighted by Gasteiger charge is -2.37. The molecule has 2 aliphatic rings. The molecule has 0 aromatic rings. The molecule has 0 atom stereocenters. The van der Waals surface area contributed by atoms with Crippen LogP contribution in [0.25, 0.3) is 0 Å². The van der Waals surface area contributed by atoms with Crippen molar-refractivity contribution in [1.82, 2.24) is 0 Å². The first-order valence-corrected chi connectivity index (χ1v) is 8.03. The molecule has 2 heteroatoms. The van der Waals surface area contributed by atoms with Gasteiger partial charge in [-0.05, 0) is 75.0 Å². The molecule has 18 heavy (non-hydrogen) atoms. The van der Waals surface area contributed by atoms with Crippen LogP contribution in [0.2, 0.25) is 0 Å². The van der Waals surface area contributed by atoms with E-state index in [0.717, 1.165) is 30.3 Å². The standard InChI is InChI=1S/C16H27ClO/c1-18-12-14-4-8-16(9-5-14)15-6-2-13(3-7-15)10-11-17/h10-11,13-16H,2-9,12H2,1H3. The monoisotopic (exact) mass is 270 g/mol. The zero-order valence-corrected chi connectivity index (χ0v) is 12.4. The topological polar surface area (TPSA) is 9.23 Å². The van der Waals surface area contributed by atoms with Gasteiger partial charge in [0.25, 0.3) is 0 Å². The van der Waals surface area contributed by atoms with Crippen LogP contribution in [0.5, 0.6) is 0 Å². The van der Waals surface area contributed by atoms with E-state index >= 15 is 0 Å². The van der Waals surface area contributed by atoms with Crippen molar-refractivity contribution in [2.45, 2.75) is 51.4 Å². The second kappa shape index (κ2) is 7.55. The van der Waals surface area contributed by atoms with Crippen molar-refractivity contribution in [2.24, 2.45) is 23.7 Å². The predicted molar refractivity (Wildman–Crippen MR) is 77.8 cm³/mol. The van der Waals surface area contributed by atoms with Gasteiger partial charge in [0.2, 0.25) is 0 Å². The fourth-order valence-electron chi connectivity index (χ4n) is 3.97. The molecule has 1 nitrogen and oxygen atoms in total. The number of ether oxygens (including phenoxy) is 1. The highest BCUT2D eigenvalue weighted by molar-refractivity contribution is 6.25. The summed E-state index contributed by atoms with van der Waals surface area (Å²) in [5, 5.41) is 0. The Labute approximate surface area is 117 Å². The van der Waals surface area contributed by atoms with Crippen molar-refractivity contribution in [1.29, 1.82) is 0 Å². The van der Waals surface area contributed by atoms with Crippen LogP contribution in [-0.4, -0.2) is 13.7 Å². The van der Waals surface area contributed by atoms with Crippen LogP contribution in [0.1, 0.15) is 51.4 Å². The van der Waals surface area contributed by atoms with Gasteiger partial charge in [0.15, 0.2) is 0 Å². The molecule has 0 spiro atoms. The molecule has 0 amide bonds. The van der Waals surface area contributed by atoms with Gasteiger partial charge in [0, 0.05) is 19.3 Å². The number of hydrogen-bond acceptors (Lipinski definition) is 1. The van der Waals surface area contributed by atoms with Crippen LogP contribution < -0.4 is 0 Å². The van der Waals surface area contributed by atoms with Crippen molar-refractivity contribution in [2.75, 3.05) is 13.7 Å². The van der Waals surface area contributed by atoms with E-state index in [-0.39, 0.29) is 0 Å². The zero-order valence-electron chi connectivity index (χ0n) is 11.6. The van der Waals surface area contributed by atoms with Crippen molar-refractivity contribution >= 4 is 11.6 Å². The number of allylic oxidation sites excluding steroid dienone is 1. The largest absolute Gasteiger partial charge is 0.384 e. The Balaban J connectivity index is 1.71. The lowest BCUT2D eigenvalue weighted by Crippen LogP contribution is -2.26. The number of rotatable bonds is 4.